The number of aromatic nitrogens is 2. The van der Waals surface area contributed by atoms with E-state index in [2.05, 4.69) is 24.1 Å². The number of carboxylic acids is 1. The highest BCUT2D eigenvalue weighted by Crippen LogP contribution is 2.26. The van der Waals surface area contributed by atoms with Crippen molar-refractivity contribution < 1.29 is 19.4 Å². The lowest BCUT2D eigenvalue weighted by molar-refractivity contribution is -0.144. The first-order valence-electron chi connectivity index (χ1n) is 11.8. The predicted octanol–water partition coefficient (Wildman–Crippen LogP) is 2.73. The predicted molar refractivity (Wildman–Crippen MR) is 129 cm³/mol. The van der Waals surface area contributed by atoms with Crippen molar-refractivity contribution in [2.45, 2.75) is 58.9 Å². The molecule has 1 aliphatic rings. The lowest BCUT2D eigenvalue weighted by Gasteiger charge is -2.41. The normalized spacial score (nSPS) is 19.5. The van der Waals surface area contributed by atoms with E-state index in [-0.39, 0.29) is 23.3 Å². The van der Waals surface area contributed by atoms with Gasteiger partial charge in [-0.25, -0.2) is 9.97 Å². The first kappa shape index (κ1) is 27.0. The number of aliphatic carboxylic acids is 1. The first-order valence-corrected chi connectivity index (χ1v) is 11.8. The molecule has 0 aliphatic carbocycles. The lowest BCUT2D eigenvalue weighted by atomic mass is 9.92. The van der Waals surface area contributed by atoms with Crippen LogP contribution in [0, 0.1) is 11.8 Å². The number of methoxy groups -OCH3 is 1. The van der Waals surface area contributed by atoms with Crippen molar-refractivity contribution in [3.63, 3.8) is 0 Å². The number of rotatable bonds is 10. The highest BCUT2D eigenvalue weighted by atomic mass is 16.5. The molecule has 2 atom stereocenters. The van der Waals surface area contributed by atoms with Crippen LogP contribution in [-0.2, 0) is 14.9 Å². The summed E-state index contributed by atoms with van der Waals surface area (Å²) in [5.74, 6) is -0.0693. The van der Waals surface area contributed by atoms with Gasteiger partial charge >= 0.3 is 5.97 Å². The van der Waals surface area contributed by atoms with E-state index in [9.17, 15) is 14.7 Å². The van der Waals surface area contributed by atoms with Gasteiger partial charge in [-0.05, 0) is 25.8 Å². The summed E-state index contributed by atoms with van der Waals surface area (Å²) in [5.41, 5.74) is 0.157. The summed E-state index contributed by atoms with van der Waals surface area (Å²) in [7, 11) is 3.57. The van der Waals surface area contributed by atoms with Crippen LogP contribution in [-0.4, -0.2) is 89.7 Å². The standard InChI is InChI=1S/C24H41N5O4/c1-16(2)13-29(18-11-17(22(31)32)14-28(6)15-18)21(30)19-12-26-23(24(3,4)5)27-20(19)25-9-8-10-33-7/h12,16-18H,8-11,13-15H2,1-7H3,(H,31,32)(H,25,26,27)/t17-,18+/m1/s1. The molecular weight excluding hydrogens is 422 g/mol. The highest BCUT2D eigenvalue weighted by molar-refractivity contribution is 5.98. The molecule has 1 aromatic rings. The second-order valence-corrected chi connectivity index (χ2v) is 10.5. The van der Waals surface area contributed by atoms with Crippen molar-refractivity contribution >= 4 is 17.7 Å². The summed E-state index contributed by atoms with van der Waals surface area (Å²) in [6.45, 7) is 13.1. The number of carbonyl (C=O) groups is 2. The molecule has 0 spiro atoms. The zero-order valence-electron chi connectivity index (χ0n) is 21.2. The van der Waals surface area contributed by atoms with Gasteiger partial charge in [0.05, 0.1) is 5.92 Å². The van der Waals surface area contributed by atoms with E-state index in [4.69, 9.17) is 9.72 Å². The average Bonchev–Trinajstić information content (AvgIpc) is 2.73. The number of hydrogen-bond acceptors (Lipinski definition) is 7. The van der Waals surface area contributed by atoms with Gasteiger partial charge in [0.2, 0.25) is 0 Å². The maximum absolute atomic E-state index is 13.8. The molecular formula is C24H41N5O4. The third-order valence-electron chi connectivity index (χ3n) is 5.73. The number of hydrogen-bond donors (Lipinski definition) is 2. The molecule has 0 aromatic carbocycles. The van der Waals surface area contributed by atoms with E-state index in [0.29, 0.717) is 56.4 Å². The minimum Gasteiger partial charge on any atom is -0.481 e. The van der Waals surface area contributed by atoms with E-state index in [1.54, 1.807) is 13.3 Å². The molecule has 2 rings (SSSR count). The van der Waals surface area contributed by atoms with Gasteiger partial charge in [-0.1, -0.05) is 34.6 Å². The topological polar surface area (TPSA) is 108 Å². The first-order chi connectivity index (χ1) is 15.4. The van der Waals surface area contributed by atoms with Crippen LogP contribution in [0.5, 0.6) is 0 Å². The Morgan fingerprint density at radius 1 is 1.33 bits per heavy atom. The fraction of sp³-hybridized carbons (Fsp3) is 0.750. The molecule has 9 nitrogen and oxygen atoms in total. The van der Waals surface area contributed by atoms with Crippen molar-refractivity contribution in [2.75, 3.05) is 52.3 Å². The molecule has 9 heteroatoms. The van der Waals surface area contributed by atoms with Gasteiger partial charge in [0, 0.05) is 57.5 Å². The molecule has 2 N–H and O–H groups in total. The minimum absolute atomic E-state index is 0.164. The lowest BCUT2D eigenvalue weighted by Crippen LogP contribution is -2.54. The number of nitrogens with one attached hydrogen (secondary N) is 1. The zero-order chi connectivity index (χ0) is 24.8. The summed E-state index contributed by atoms with van der Waals surface area (Å²) in [5, 5.41) is 12.9. The molecule has 1 aliphatic heterocycles. The summed E-state index contributed by atoms with van der Waals surface area (Å²) in [6.07, 6.45) is 2.83. The number of likely N-dealkylation sites (N-methyl/N-ethyl adjacent to an activating group) is 1. The number of likely N-dealkylation sites (tertiary alicyclic amines) is 1. The fourth-order valence-corrected chi connectivity index (χ4v) is 4.10. The van der Waals surface area contributed by atoms with E-state index >= 15 is 0 Å². The molecule has 186 valence electrons. The number of amides is 1. The van der Waals surface area contributed by atoms with Gasteiger partial charge in [-0.2, -0.15) is 0 Å². The number of nitrogens with zero attached hydrogens (tertiary/aromatic N) is 4. The number of ether oxygens (including phenoxy) is 1. The molecule has 0 bridgehead atoms. The van der Waals surface area contributed by atoms with Crippen molar-refractivity contribution in [3.8, 4) is 0 Å². The second kappa shape index (κ2) is 11.7. The van der Waals surface area contributed by atoms with E-state index in [1.807, 2.05) is 37.6 Å². The smallest absolute Gasteiger partial charge is 0.307 e. The quantitative estimate of drug-likeness (QED) is 0.510. The van der Waals surface area contributed by atoms with E-state index in [0.717, 1.165) is 6.42 Å². The number of anilines is 1. The van der Waals surface area contributed by atoms with Gasteiger partial charge in [0.15, 0.2) is 0 Å². The van der Waals surface area contributed by atoms with Crippen LogP contribution in [0.1, 0.15) is 63.6 Å². The number of piperidine rings is 1. The van der Waals surface area contributed by atoms with Crippen LogP contribution >= 0.6 is 0 Å². The van der Waals surface area contributed by atoms with Crippen molar-refractivity contribution in [2.24, 2.45) is 11.8 Å². The maximum Gasteiger partial charge on any atom is 0.307 e. The van der Waals surface area contributed by atoms with Crippen LogP contribution in [0.4, 0.5) is 5.82 Å². The van der Waals surface area contributed by atoms with Gasteiger partial charge in [-0.3, -0.25) is 9.59 Å². The van der Waals surface area contributed by atoms with Gasteiger partial charge in [-0.15, -0.1) is 0 Å². The summed E-state index contributed by atoms with van der Waals surface area (Å²) in [4.78, 5) is 38.6. The highest BCUT2D eigenvalue weighted by Gasteiger charge is 2.36. The van der Waals surface area contributed by atoms with Gasteiger partial charge in [0.1, 0.15) is 17.2 Å². The van der Waals surface area contributed by atoms with Gasteiger partial charge in [0.25, 0.3) is 5.91 Å². The minimum atomic E-state index is -0.818. The third-order valence-corrected chi connectivity index (χ3v) is 5.73. The Kier molecular flexibility index (Phi) is 9.60. The Labute approximate surface area is 197 Å². The van der Waals surface area contributed by atoms with Crippen molar-refractivity contribution in [1.82, 2.24) is 19.8 Å². The van der Waals surface area contributed by atoms with E-state index in [1.165, 1.54) is 0 Å². The number of carboxylic acid groups (broad SMARTS) is 1. The largest absolute Gasteiger partial charge is 0.481 e. The van der Waals surface area contributed by atoms with Crippen LogP contribution in [0.25, 0.3) is 0 Å². The molecule has 2 heterocycles. The maximum atomic E-state index is 13.8. The Balaban J connectivity index is 2.40. The fourth-order valence-electron chi connectivity index (χ4n) is 4.10. The Hall–Kier alpha value is -2.26. The van der Waals surface area contributed by atoms with Crippen molar-refractivity contribution in [3.05, 3.63) is 17.6 Å². The average molecular weight is 464 g/mol. The molecule has 0 radical (unpaired) electrons. The van der Waals surface area contributed by atoms with Crippen LogP contribution in [0.2, 0.25) is 0 Å². The molecule has 1 fully saturated rings. The molecule has 1 aromatic heterocycles. The molecule has 0 saturated carbocycles. The summed E-state index contributed by atoms with van der Waals surface area (Å²) < 4.78 is 5.14. The third kappa shape index (κ3) is 7.64. The Morgan fingerprint density at radius 2 is 2.03 bits per heavy atom. The van der Waals surface area contributed by atoms with Crippen LogP contribution < -0.4 is 5.32 Å². The zero-order valence-corrected chi connectivity index (χ0v) is 21.2. The Morgan fingerprint density at radius 3 is 2.61 bits per heavy atom. The Bertz CT molecular complexity index is 809. The molecule has 1 saturated heterocycles. The van der Waals surface area contributed by atoms with Crippen LogP contribution in [0.15, 0.2) is 6.20 Å². The number of carbonyl (C=O) groups excluding carboxylic acids is 1. The SMILES string of the molecule is COCCCNc1nc(C(C)(C)C)ncc1C(=O)N(CC(C)C)[C@H]1C[C@@H](C(=O)O)CN(C)C1. The van der Waals surface area contributed by atoms with Crippen molar-refractivity contribution in [1.29, 1.82) is 0 Å². The van der Waals surface area contributed by atoms with Gasteiger partial charge < -0.3 is 25.0 Å². The molecule has 33 heavy (non-hydrogen) atoms. The monoisotopic (exact) mass is 463 g/mol. The molecule has 1 amide bonds. The second-order valence-electron chi connectivity index (χ2n) is 10.5. The molecule has 0 unspecified atom stereocenters. The summed E-state index contributed by atoms with van der Waals surface area (Å²) in [6, 6.07) is -0.191. The van der Waals surface area contributed by atoms with Crippen LogP contribution in [0.3, 0.4) is 0 Å². The van der Waals surface area contributed by atoms with E-state index < -0.39 is 11.9 Å². The summed E-state index contributed by atoms with van der Waals surface area (Å²) >= 11 is 0.